The monoisotopic (exact) mass is 234 g/mol. The Labute approximate surface area is 104 Å². The van der Waals surface area contributed by atoms with Crippen LogP contribution in [0.2, 0.25) is 0 Å². The van der Waals surface area contributed by atoms with Gasteiger partial charge < -0.3 is 9.84 Å². The van der Waals surface area contributed by atoms with Gasteiger partial charge in [-0.3, -0.25) is 0 Å². The van der Waals surface area contributed by atoms with Crippen LogP contribution < -0.4 is 4.74 Å². The first kappa shape index (κ1) is 12.4. The second-order valence-corrected chi connectivity index (χ2v) is 5.78. The number of aryl methyl sites for hydroxylation is 1. The van der Waals surface area contributed by atoms with Crippen molar-refractivity contribution in [1.29, 1.82) is 0 Å². The Kier molecular flexibility index (Phi) is 2.94. The second-order valence-electron chi connectivity index (χ2n) is 5.78. The summed E-state index contributed by atoms with van der Waals surface area (Å²) in [5.41, 5.74) is 1.43. The van der Waals surface area contributed by atoms with Crippen LogP contribution in [-0.2, 0) is 5.60 Å². The molecule has 94 valence electrons. The van der Waals surface area contributed by atoms with Crippen LogP contribution >= 0.6 is 0 Å². The van der Waals surface area contributed by atoms with Crippen LogP contribution in [-0.4, -0.2) is 12.2 Å². The van der Waals surface area contributed by atoms with Gasteiger partial charge in [0.15, 0.2) is 0 Å². The first-order chi connectivity index (χ1) is 7.90. The van der Waals surface area contributed by atoms with Crippen molar-refractivity contribution >= 4 is 0 Å². The zero-order chi connectivity index (χ0) is 12.7. The van der Waals surface area contributed by atoms with E-state index in [0.717, 1.165) is 36.1 Å². The Hall–Kier alpha value is -1.02. The summed E-state index contributed by atoms with van der Waals surface area (Å²) in [6.07, 6.45) is 3.02. The zero-order valence-corrected chi connectivity index (χ0v) is 11.2. The molecule has 0 amide bonds. The van der Waals surface area contributed by atoms with Crippen LogP contribution in [0.4, 0.5) is 0 Å². The average molecular weight is 234 g/mol. The molecule has 1 saturated carbocycles. The second kappa shape index (κ2) is 4.02. The lowest BCUT2D eigenvalue weighted by Gasteiger charge is -2.38. The van der Waals surface area contributed by atoms with Crippen molar-refractivity contribution < 1.29 is 9.84 Å². The molecule has 0 heterocycles. The smallest absolute Gasteiger partial charge is 0.119 e. The molecule has 1 aliphatic rings. The third-order valence-electron chi connectivity index (χ3n) is 4.34. The van der Waals surface area contributed by atoms with Gasteiger partial charge in [0, 0.05) is 0 Å². The van der Waals surface area contributed by atoms with Gasteiger partial charge in [0.05, 0.1) is 12.7 Å². The lowest BCUT2D eigenvalue weighted by atomic mass is 9.72. The predicted octanol–water partition coefficient (Wildman–Crippen LogP) is 3.40. The molecule has 1 aromatic rings. The fraction of sp³-hybridized carbons (Fsp3) is 0.600. The zero-order valence-electron chi connectivity index (χ0n) is 11.2. The summed E-state index contributed by atoms with van der Waals surface area (Å²) in [7, 11) is 1.67. The maximum absolute atomic E-state index is 11.0. The molecule has 2 rings (SSSR count). The third-order valence-corrected chi connectivity index (χ3v) is 4.34. The largest absolute Gasteiger partial charge is 0.497 e. The minimum Gasteiger partial charge on any atom is -0.497 e. The van der Waals surface area contributed by atoms with Crippen molar-refractivity contribution in [2.75, 3.05) is 7.11 Å². The molecule has 1 aromatic carbocycles. The number of ether oxygens (including phenoxy) is 1. The highest BCUT2D eigenvalue weighted by atomic mass is 16.5. The fourth-order valence-electron chi connectivity index (χ4n) is 3.06. The standard InChI is InChI=1S/C15H22O2/c1-11-10-12(17-4)6-7-13(11)15(16)9-5-8-14(15,2)3/h6-7,10,16H,5,8-9H2,1-4H3. The Morgan fingerprint density at radius 1 is 1.24 bits per heavy atom. The molecule has 1 aliphatic carbocycles. The Balaban J connectivity index is 2.47. The molecule has 1 atom stereocenters. The van der Waals surface area contributed by atoms with Gasteiger partial charge in [-0.15, -0.1) is 0 Å². The van der Waals surface area contributed by atoms with Crippen LogP contribution in [0, 0.1) is 12.3 Å². The quantitative estimate of drug-likeness (QED) is 0.849. The number of aliphatic hydroxyl groups is 1. The van der Waals surface area contributed by atoms with E-state index in [1.807, 2.05) is 25.1 Å². The number of hydrogen-bond acceptors (Lipinski definition) is 2. The van der Waals surface area contributed by atoms with Crippen molar-refractivity contribution in [2.24, 2.45) is 5.41 Å². The van der Waals surface area contributed by atoms with E-state index in [0.29, 0.717) is 0 Å². The summed E-state index contributed by atoms with van der Waals surface area (Å²) >= 11 is 0. The molecule has 1 N–H and O–H groups in total. The highest BCUT2D eigenvalue weighted by Gasteiger charge is 2.49. The molecule has 17 heavy (non-hydrogen) atoms. The van der Waals surface area contributed by atoms with E-state index in [4.69, 9.17) is 4.74 Å². The summed E-state index contributed by atoms with van der Waals surface area (Å²) < 4.78 is 5.22. The molecule has 0 spiro atoms. The van der Waals surface area contributed by atoms with Gasteiger partial charge in [0.25, 0.3) is 0 Å². The summed E-state index contributed by atoms with van der Waals surface area (Å²) in [6.45, 7) is 6.36. The van der Waals surface area contributed by atoms with Crippen LogP contribution in [0.1, 0.15) is 44.2 Å². The lowest BCUT2D eigenvalue weighted by Crippen LogP contribution is -2.37. The minimum absolute atomic E-state index is 0.0493. The van der Waals surface area contributed by atoms with Crippen molar-refractivity contribution in [3.8, 4) is 5.75 Å². The third kappa shape index (κ3) is 1.85. The lowest BCUT2D eigenvalue weighted by molar-refractivity contribution is -0.0490. The molecule has 0 radical (unpaired) electrons. The first-order valence-corrected chi connectivity index (χ1v) is 6.28. The molecule has 2 nitrogen and oxygen atoms in total. The molecule has 0 saturated heterocycles. The molecular weight excluding hydrogens is 212 g/mol. The van der Waals surface area contributed by atoms with Crippen molar-refractivity contribution in [3.63, 3.8) is 0 Å². The molecule has 0 aromatic heterocycles. The van der Waals surface area contributed by atoms with Gasteiger partial charge in [0.2, 0.25) is 0 Å². The van der Waals surface area contributed by atoms with E-state index in [1.54, 1.807) is 7.11 Å². The van der Waals surface area contributed by atoms with Gasteiger partial charge in [-0.2, -0.15) is 0 Å². The summed E-state index contributed by atoms with van der Waals surface area (Å²) in [4.78, 5) is 0. The van der Waals surface area contributed by atoms with E-state index in [-0.39, 0.29) is 5.41 Å². The Bertz CT molecular complexity index is 423. The number of benzene rings is 1. The van der Waals surface area contributed by atoms with Crippen molar-refractivity contribution in [2.45, 2.75) is 45.6 Å². The molecule has 1 unspecified atom stereocenters. The van der Waals surface area contributed by atoms with Gasteiger partial charge >= 0.3 is 0 Å². The molecule has 0 aliphatic heterocycles. The van der Waals surface area contributed by atoms with Crippen molar-refractivity contribution in [3.05, 3.63) is 29.3 Å². The van der Waals surface area contributed by atoms with Gasteiger partial charge in [-0.25, -0.2) is 0 Å². The van der Waals surface area contributed by atoms with E-state index >= 15 is 0 Å². The summed E-state index contributed by atoms with van der Waals surface area (Å²) in [5, 5.41) is 11.0. The highest BCUT2D eigenvalue weighted by molar-refractivity contribution is 5.39. The SMILES string of the molecule is COc1ccc(C2(O)CCCC2(C)C)c(C)c1. The van der Waals surface area contributed by atoms with Crippen LogP contribution in [0.15, 0.2) is 18.2 Å². The Morgan fingerprint density at radius 2 is 1.94 bits per heavy atom. The number of hydrogen-bond donors (Lipinski definition) is 1. The molecule has 0 bridgehead atoms. The van der Waals surface area contributed by atoms with Crippen molar-refractivity contribution in [1.82, 2.24) is 0 Å². The predicted molar refractivity (Wildman–Crippen MR) is 69.3 cm³/mol. The number of rotatable bonds is 2. The van der Waals surface area contributed by atoms with Gasteiger partial charge in [-0.05, 0) is 54.9 Å². The minimum atomic E-state index is -0.691. The average Bonchev–Trinajstić information content (AvgIpc) is 2.54. The summed E-state index contributed by atoms with van der Waals surface area (Å²) in [5.74, 6) is 0.852. The maximum atomic E-state index is 11.0. The van der Waals surface area contributed by atoms with Crippen LogP contribution in [0.25, 0.3) is 0 Å². The summed E-state index contributed by atoms with van der Waals surface area (Å²) in [6, 6.07) is 5.96. The fourth-order valence-corrected chi connectivity index (χ4v) is 3.06. The van der Waals surface area contributed by atoms with Crippen LogP contribution in [0.5, 0.6) is 5.75 Å². The topological polar surface area (TPSA) is 29.5 Å². The molecule has 2 heteroatoms. The van der Waals surface area contributed by atoms with Gasteiger partial charge in [0.1, 0.15) is 5.75 Å². The van der Waals surface area contributed by atoms with Crippen LogP contribution in [0.3, 0.4) is 0 Å². The molecule has 1 fully saturated rings. The maximum Gasteiger partial charge on any atom is 0.119 e. The van der Waals surface area contributed by atoms with Gasteiger partial charge in [-0.1, -0.05) is 19.9 Å². The highest BCUT2D eigenvalue weighted by Crippen LogP contribution is 2.53. The number of methoxy groups -OCH3 is 1. The van der Waals surface area contributed by atoms with E-state index in [9.17, 15) is 5.11 Å². The normalized spacial score (nSPS) is 27.1. The Morgan fingerprint density at radius 3 is 2.41 bits per heavy atom. The van der Waals surface area contributed by atoms with E-state index in [1.165, 1.54) is 0 Å². The van der Waals surface area contributed by atoms with E-state index in [2.05, 4.69) is 13.8 Å². The first-order valence-electron chi connectivity index (χ1n) is 6.28. The van der Waals surface area contributed by atoms with E-state index < -0.39 is 5.60 Å². The molecular formula is C15H22O2.